The number of methoxy groups -OCH3 is 1. The van der Waals surface area contributed by atoms with E-state index in [0.717, 1.165) is 0 Å². The summed E-state index contributed by atoms with van der Waals surface area (Å²) in [4.78, 5) is 11.8. The fourth-order valence-corrected chi connectivity index (χ4v) is 2.17. The molecule has 0 aliphatic carbocycles. The lowest BCUT2D eigenvalue weighted by molar-refractivity contribution is -0.136. The van der Waals surface area contributed by atoms with E-state index in [4.69, 9.17) is 42.7 Å². The molecule has 0 unspecified atom stereocenters. The molecule has 23 heavy (non-hydrogen) atoms. The van der Waals surface area contributed by atoms with Crippen LogP contribution in [0.15, 0.2) is 36.4 Å². The van der Waals surface area contributed by atoms with Gasteiger partial charge in [0.2, 0.25) is 0 Å². The second-order valence-corrected chi connectivity index (χ2v) is 5.16. The molecule has 118 valence electrons. The number of carbonyl (C=O) groups excluding carboxylic acids is 1. The third-order valence-electron chi connectivity index (χ3n) is 2.76. The summed E-state index contributed by atoms with van der Waals surface area (Å²) in [6, 6.07) is 11.1. The highest BCUT2D eigenvalue weighted by Gasteiger charge is 2.12. The average molecular weight is 352 g/mol. The minimum absolute atomic E-state index is 0.197. The SMILES string of the molecule is COc1cc(C#N)ccc1OC(=O)COc1ccc(Cl)cc1Cl. The second kappa shape index (κ2) is 7.73. The van der Waals surface area contributed by atoms with E-state index in [1.807, 2.05) is 6.07 Å². The minimum Gasteiger partial charge on any atom is -0.493 e. The van der Waals surface area contributed by atoms with Crippen molar-refractivity contribution < 1.29 is 19.0 Å². The topological polar surface area (TPSA) is 68.5 Å². The van der Waals surface area contributed by atoms with Crippen molar-refractivity contribution in [3.63, 3.8) is 0 Å². The lowest BCUT2D eigenvalue weighted by Gasteiger charge is -2.10. The standard InChI is InChI=1S/C16H11Cl2NO4/c1-21-15-6-10(8-19)2-4-14(15)23-16(20)9-22-13-5-3-11(17)7-12(13)18/h2-7H,9H2,1H3. The maximum atomic E-state index is 11.8. The van der Waals surface area contributed by atoms with Crippen molar-refractivity contribution >= 4 is 29.2 Å². The van der Waals surface area contributed by atoms with Crippen LogP contribution in [0.2, 0.25) is 10.0 Å². The molecule has 7 heteroatoms. The highest BCUT2D eigenvalue weighted by atomic mass is 35.5. The molecule has 0 heterocycles. The van der Waals surface area contributed by atoms with Crippen molar-refractivity contribution in [3.8, 4) is 23.3 Å². The number of nitrogens with zero attached hydrogens (tertiary/aromatic N) is 1. The van der Waals surface area contributed by atoms with Crippen LogP contribution in [0.1, 0.15) is 5.56 Å². The fraction of sp³-hybridized carbons (Fsp3) is 0.125. The quantitative estimate of drug-likeness (QED) is 0.604. The lowest BCUT2D eigenvalue weighted by atomic mass is 10.2. The number of esters is 1. The first-order valence-corrected chi connectivity index (χ1v) is 7.15. The van der Waals surface area contributed by atoms with Crippen LogP contribution in [-0.2, 0) is 4.79 Å². The van der Waals surface area contributed by atoms with Gasteiger partial charge in [0.15, 0.2) is 18.1 Å². The Balaban J connectivity index is 2.01. The molecular formula is C16H11Cl2NO4. The molecule has 0 aromatic heterocycles. The molecule has 0 saturated carbocycles. The molecule has 2 aromatic carbocycles. The number of halogens is 2. The Kier molecular flexibility index (Phi) is 5.69. The van der Waals surface area contributed by atoms with Gasteiger partial charge < -0.3 is 14.2 Å². The molecule has 0 spiro atoms. The molecule has 0 amide bonds. The summed E-state index contributed by atoms with van der Waals surface area (Å²) in [5, 5.41) is 9.59. The molecule has 2 rings (SSSR count). The maximum absolute atomic E-state index is 11.8. The summed E-state index contributed by atoms with van der Waals surface area (Å²) in [6.45, 7) is -0.343. The molecule has 0 saturated heterocycles. The monoisotopic (exact) mass is 351 g/mol. The second-order valence-electron chi connectivity index (χ2n) is 4.31. The van der Waals surface area contributed by atoms with Gasteiger partial charge in [-0.15, -0.1) is 0 Å². The van der Waals surface area contributed by atoms with Gasteiger partial charge in [-0.25, -0.2) is 4.79 Å². The molecule has 0 N–H and O–H groups in total. The van der Waals surface area contributed by atoms with Crippen molar-refractivity contribution in [1.82, 2.24) is 0 Å². The smallest absolute Gasteiger partial charge is 0.349 e. The van der Waals surface area contributed by atoms with Gasteiger partial charge in [0.05, 0.1) is 23.8 Å². The molecule has 0 aliphatic heterocycles. The number of rotatable bonds is 5. The van der Waals surface area contributed by atoms with E-state index in [1.54, 1.807) is 12.1 Å². The van der Waals surface area contributed by atoms with Crippen molar-refractivity contribution in [2.24, 2.45) is 0 Å². The van der Waals surface area contributed by atoms with Crippen LogP contribution < -0.4 is 14.2 Å². The summed E-state index contributed by atoms with van der Waals surface area (Å²) in [5.41, 5.74) is 0.394. The minimum atomic E-state index is -0.640. The van der Waals surface area contributed by atoms with E-state index >= 15 is 0 Å². The van der Waals surface area contributed by atoms with Crippen LogP contribution in [0.3, 0.4) is 0 Å². The lowest BCUT2D eigenvalue weighted by Crippen LogP contribution is -2.18. The number of carbonyl (C=O) groups is 1. The van der Waals surface area contributed by atoms with Gasteiger partial charge in [-0.3, -0.25) is 0 Å². The van der Waals surface area contributed by atoms with Gasteiger partial charge in [0.1, 0.15) is 5.75 Å². The van der Waals surface area contributed by atoms with Crippen LogP contribution in [0.5, 0.6) is 17.2 Å². The summed E-state index contributed by atoms with van der Waals surface area (Å²) in [6.07, 6.45) is 0. The van der Waals surface area contributed by atoms with Gasteiger partial charge in [-0.05, 0) is 30.3 Å². The van der Waals surface area contributed by atoms with Gasteiger partial charge in [0, 0.05) is 11.1 Å². The first-order valence-electron chi connectivity index (χ1n) is 6.40. The summed E-state index contributed by atoms with van der Waals surface area (Å²) in [7, 11) is 1.41. The van der Waals surface area contributed by atoms with Gasteiger partial charge in [0.25, 0.3) is 0 Å². The third-order valence-corrected chi connectivity index (χ3v) is 3.29. The van der Waals surface area contributed by atoms with Gasteiger partial charge in [-0.2, -0.15) is 5.26 Å². The van der Waals surface area contributed by atoms with E-state index in [0.29, 0.717) is 21.4 Å². The predicted molar refractivity (Wildman–Crippen MR) is 85.3 cm³/mol. The zero-order chi connectivity index (χ0) is 16.8. The summed E-state index contributed by atoms with van der Waals surface area (Å²) < 4.78 is 15.5. The molecule has 0 bridgehead atoms. The van der Waals surface area contributed by atoms with Crippen molar-refractivity contribution in [2.75, 3.05) is 13.7 Å². The first kappa shape index (κ1) is 16.9. The highest BCUT2D eigenvalue weighted by Crippen LogP contribution is 2.29. The maximum Gasteiger partial charge on any atom is 0.349 e. The predicted octanol–water partition coefficient (Wildman–Crippen LogP) is 3.86. The molecule has 0 fully saturated rings. The Hall–Kier alpha value is -2.42. The Labute approximate surface area is 142 Å². The molecule has 0 radical (unpaired) electrons. The van der Waals surface area contributed by atoms with Gasteiger partial charge in [-0.1, -0.05) is 23.2 Å². The van der Waals surface area contributed by atoms with E-state index in [-0.39, 0.29) is 18.1 Å². The van der Waals surface area contributed by atoms with E-state index in [1.165, 1.54) is 31.4 Å². The number of hydrogen-bond acceptors (Lipinski definition) is 5. The Morgan fingerprint density at radius 3 is 2.52 bits per heavy atom. The normalized spacial score (nSPS) is 9.83. The molecule has 0 atom stereocenters. The van der Waals surface area contributed by atoms with E-state index in [9.17, 15) is 4.79 Å². The van der Waals surface area contributed by atoms with Crippen molar-refractivity contribution in [3.05, 3.63) is 52.0 Å². The summed E-state index contributed by atoms with van der Waals surface area (Å²) in [5.74, 6) is 0.156. The van der Waals surface area contributed by atoms with Crippen molar-refractivity contribution in [1.29, 1.82) is 5.26 Å². The number of hydrogen-bond donors (Lipinski definition) is 0. The largest absolute Gasteiger partial charge is 0.493 e. The van der Waals surface area contributed by atoms with Crippen LogP contribution in [0.4, 0.5) is 0 Å². The molecular weight excluding hydrogens is 341 g/mol. The zero-order valence-electron chi connectivity index (χ0n) is 12.0. The Morgan fingerprint density at radius 2 is 1.87 bits per heavy atom. The number of nitriles is 1. The average Bonchev–Trinajstić information content (AvgIpc) is 2.54. The zero-order valence-corrected chi connectivity index (χ0v) is 13.5. The van der Waals surface area contributed by atoms with Crippen LogP contribution in [0.25, 0.3) is 0 Å². The fourth-order valence-electron chi connectivity index (χ4n) is 1.70. The molecule has 0 aliphatic rings. The van der Waals surface area contributed by atoms with Crippen LogP contribution in [0, 0.1) is 11.3 Å². The van der Waals surface area contributed by atoms with Crippen molar-refractivity contribution in [2.45, 2.75) is 0 Å². The van der Waals surface area contributed by atoms with E-state index < -0.39 is 5.97 Å². The number of ether oxygens (including phenoxy) is 3. The third kappa shape index (κ3) is 4.52. The molecule has 5 nitrogen and oxygen atoms in total. The highest BCUT2D eigenvalue weighted by molar-refractivity contribution is 6.35. The molecule has 2 aromatic rings. The van der Waals surface area contributed by atoms with Crippen LogP contribution >= 0.6 is 23.2 Å². The van der Waals surface area contributed by atoms with Crippen LogP contribution in [-0.4, -0.2) is 19.7 Å². The Bertz CT molecular complexity index is 771. The number of benzene rings is 2. The Morgan fingerprint density at radius 1 is 1.13 bits per heavy atom. The van der Waals surface area contributed by atoms with Gasteiger partial charge >= 0.3 is 5.97 Å². The summed E-state index contributed by atoms with van der Waals surface area (Å²) >= 11 is 11.7. The first-order chi connectivity index (χ1) is 11.0. The van der Waals surface area contributed by atoms with E-state index in [2.05, 4.69) is 0 Å².